The van der Waals surface area contributed by atoms with E-state index in [-0.39, 0.29) is 17.6 Å². The van der Waals surface area contributed by atoms with Gasteiger partial charge in [-0.15, -0.1) is 0 Å². The quantitative estimate of drug-likeness (QED) is 0.618. The van der Waals surface area contributed by atoms with Crippen LogP contribution < -0.4 is 0 Å². The highest BCUT2D eigenvalue weighted by Crippen LogP contribution is 2.83. The Morgan fingerprint density at radius 2 is 2.15 bits per heavy atom. The van der Waals surface area contributed by atoms with Crippen LogP contribution in [-0.2, 0) is 14.9 Å². The predicted molar refractivity (Wildman–Crippen MR) is 43.6 cm³/mol. The lowest BCUT2D eigenvalue weighted by atomic mass is 9.71. The van der Waals surface area contributed by atoms with Gasteiger partial charge >= 0.3 is 0 Å². The molecule has 3 saturated carbocycles. The maximum atomic E-state index is 11.5. The number of hydrogen-bond acceptors (Lipinski definition) is 3. The van der Waals surface area contributed by atoms with Gasteiger partial charge in [-0.1, -0.05) is 6.92 Å². The van der Waals surface area contributed by atoms with E-state index in [1.807, 2.05) is 6.92 Å². The van der Waals surface area contributed by atoms with Gasteiger partial charge in [0.25, 0.3) is 10.1 Å². The molecule has 4 nitrogen and oxygen atoms in total. The molecule has 13 heavy (non-hydrogen) atoms. The molecule has 0 amide bonds. The van der Waals surface area contributed by atoms with Crippen LogP contribution in [0.3, 0.4) is 0 Å². The molecule has 0 aromatic rings. The van der Waals surface area contributed by atoms with Crippen LogP contribution in [0.1, 0.15) is 19.8 Å². The topological polar surface area (TPSA) is 71.4 Å². The highest BCUT2D eigenvalue weighted by Gasteiger charge is 2.93. The number of ketones is 1. The van der Waals surface area contributed by atoms with Crippen molar-refractivity contribution in [1.82, 2.24) is 0 Å². The van der Waals surface area contributed by atoms with Crippen molar-refractivity contribution in [3.05, 3.63) is 0 Å². The average molecular weight is 202 g/mol. The van der Waals surface area contributed by atoms with Crippen LogP contribution in [0.15, 0.2) is 0 Å². The number of hydrogen-bond donors (Lipinski definition) is 1. The summed E-state index contributed by atoms with van der Waals surface area (Å²) < 4.78 is 30.1. The summed E-state index contributed by atoms with van der Waals surface area (Å²) in [5.41, 5.74) is -0.419. The second kappa shape index (κ2) is 1.59. The molecule has 0 heterocycles. The Hall–Kier alpha value is -0.420. The SMILES string of the molecule is CC12C3CCC1(S(=O)(=O)O)C(=O)C32. The lowest BCUT2D eigenvalue weighted by Gasteiger charge is -2.41. The third kappa shape index (κ3) is 0.469. The maximum absolute atomic E-state index is 11.5. The van der Waals surface area contributed by atoms with Crippen LogP contribution in [0, 0.1) is 17.3 Å². The largest absolute Gasteiger partial charge is 0.297 e. The molecular formula is C8H10O4S. The molecule has 5 heteroatoms. The predicted octanol–water partition coefficient (Wildman–Crippen LogP) is 0.242. The Labute approximate surface area is 76.1 Å². The van der Waals surface area contributed by atoms with E-state index >= 15 is 0 Å². The fourth-order valence-electron chi connectivity index (χ4n) is 3.80. The van der Waals surface area contributed by atoms with E-state index in [2.05, 4.69) is 0 Å². The first-order valence-corrected chi connectivity index (χ1v) is 5.83. The smallest absolute Gasteiger partial charge is 0.278 e. The molecular weight excluding hydrogens is 192 g/mol. The molecule has 4 unspecified atom stereocenters. The fourth-order valence-corrected chi connectivity index (χ4v) is 5.39. The molecule has 4 atom stereocenters. The Kier molecular flexibility index (Phi) is 0.969. The van der Waals surface area contributed by atoms with E-state index in [0.717, 1.165) is 6.42 Å². The van der Waals surface area contributed by atoms with E-state index < -0.39 is 20.3 Å². The molecule has 1 N–H and O–H groups in total. The van der Waals surface area contributed by atoms with Gasteiger partial charge in [0.05, 0.1) is 0 Å². The van der Waals surface area contributed by atoms with Gasteiger partial charge in [-0.3, -0.25) is 9.35 Å². The first-order valence-electron chi connectivity index (χ1n) is 4.39. The van der Waals surface area contributed by atoms with Gasteiger partial charge in [0, 0.05) is 11.3 Å². The lowest BCUT2D eigenvalue weighted by molar-refractivity contribution is -0.132. The average Bonchev–Trinajstić information content (AvgIpc) is 2.42. The molecule has 3 rings (SSSR count). The van der Waals surface area contributed by atoms with Crippen molar-refractivity contribution in [3.63, 3.8) is 0 Å². The van der Waals surface area contributed by atoms with Gasteiger partial charge in [-0.2, -0.15) is 8.42 Å². The van der Waals surface area contributed by atoms with E-state index in [0.29, 0.717) is 6.42 Å². The number of carbonyl (C=O) groups is 1. The Morgan fingerprint density at radius 3 is 2.38 bits per heavy atom. The van der Waals surface area contributed by atoms with Crippen molar-refractivity contribution < 1.29 is 17.8 Å². The van der Waals surface area contributed by atoms with Crippen molar-refractivity contribution in [1.29, 1.82) is 0 Å². The molecule has 3 fully saturated rings. The summed E-state index contributed by atoms with van der Waals surface area (Å²) in [4.78, 5) is 11.5. The summed E-state index contributed by atoms with van der Waals surface area (Å²) in [7, 11) is -4.20. The van der Waals surface area contributed by atoms with Crippen LogP contribution in [0.4, 0.5) is 0 Å². The van der Waals surface area contributed by atoms with Gasteiger partial charge in [0.2, 0.25) is 0 Å². The minimum atomic E-state index is -4.20. The summed E-state index contributed by atoms with van der Waals surface area (Å²) >= 11 is 0. The Bertz CT molecular complexity index is 425. The van der Waals surface area contributed by atoms with Gasteiger partial charge in [-0.05, 0) is 18.8 Å². The van der Waals surface area contributed by atoms with E-state index in [4.69, 9.17) is 4.55 Å². The highest BCUT2D eigenvalue weighted by atomic mass is 32.2. The molecule has 0 spiro atoms. The first-order chi connectivity index (χ1) is 5.87. The van der Waals surface area contributed by atoms with Crippen molar-refractivity contribution in [3.8, 4) is 0 Å². The molecule has 0 bridgehead atoms. The molecule has 0 aromatic heterocycles. The summed E-state index contributed by atoms with van der Waals surface area (Å²) in [6.07, 6.45) is 1.09. The second-order valence-corrected chi connectivity index (χ2v) is 6.22. The van der Waals surface area contributed by atoms with Crippen molar-refractivity contribution in [2.75, 3.05) is 0 Å². The zero-order chi connectivity index (χ0) is 9.65. The normalized spacial score (nSPS) is 57.2. The van der Waals surface area contributed by atoms with Crippen molar-refractivity contribution in [2.24, 2.45) is 17.3 Å². The Morgan fingerprint density at radius 1 is 1.54 bits per heavy atom. The fraction of sp³-hybridized carbons (Fsp3) is 0.875. The summed E-state index contributed by atoms with van der Waals surface area (Å²) in [5.74, 6) is -0.0844. The molecule has 0 aromatic carbocycles. The Balaban J connectivity index is 2.24. The van der Waals surface area contributed by atoms with Crippen LogP contribution in [0.2, 0.25) is 0 Å². The van der Waals surface area contributed by atoms with E-state index in [9.17, 15) is 13.2 Å². The summed E-state index contributed by atoms with van der Waals surface area (Å²) in [5, 5.41) is 0. The molecule has 3 aliphatic carbocycles. The zero-order valence-electron chi connectivity index (χ0n) is 7.15. The van der Waals surface area contributed by atoms with Crippen molar-refractivity contribution in [2.45, 2.75) is 24.5 Å². The van der Waals surface area contributed by atoms with E-state index in [1.165, 1.54) is 0 Å². The zero-order valence-corrected chi connectivity index (χ0v) is 7.97. The van der Waals surface area contributed by atoms with Crippen LogP contribution in [0.5, 0.6) is 0 Å². The summed E-state index contributed by atoms with van der Waals surface area (Å²) in [6, 6.07) is 0. The lowest BCUT2D eigenvalue weighted by Crippen LogP contribution is -2.61. The number of carbonyl (C=O) groups excluding carboxylic acids is 1. The standard InChI is InChI=1S/C8H10O4S/c1-7-4-2-3-8(7,13(10,11)12)6(9)5(4)7/h4-5H,2-3H2,1H3,(H,10,11,12). The molecule has 0 aliphatic heterocycles. The van der Waals surface area contributed by atoms with Crippen LogP contribution >= 0.6 is 0 Å². The molecule has 3 aliphatic rings. The number of rotatable bonds is 1. The third-order valence-corrected chi connectivity index (χ3v) is 6.23. The van der Waals surface area contributed by atoms with Gasteiger partial charge in [0.1, 0.15) is 0 Å². The van der Waals surface area contributed by atoms with Crippen LogP contribution in [-0.4, -0.2) is 23.5 Å². The second-order valence-electron chi connectivity index (χ2n) is 4.57. The van der Waals surface area contributed by atoms with Gasteiger partial charge < -0.3 is 0 Å². The first kappa shape index (κ1) is 7.94. The van der Waals surface area contributed by atoms with Gasteiger partial charge in [0.15, 0.2) is 10.5 Å². The highest BCUT2D eigenvalue weighted by molar-refractivity contribution is 7.88. The van der Waals surface area contributed by atoms with Crippen molar-refractivity contribution >= 4 is 15.9 Å². The minimum Gasteiger partial charge on any atom is -0.297 e. The summed E-state index contributed by atoms with van der Waals surface area (Å²) in [6.45, 7) is 1.81. The number of fused-ring (bicyclic) bond motifs is 1. The molecule has 72 valence electrons. The minimum absolute atomic E-state index is 0.0665. The van der Waals surface area contributed by atoms with Gasteiger partial charge in [-0.25, -0.2) is 0 Å². The third-order valence-electron chi connectivity index (χ3n) is 4.51. The molecule has 0 radical (unpaired) electrons. The number of Topliss-reactive ketones (excluding diaryl/α,β-unsaturated/α-hetero) is 1. The van der Waals surface area contributed by atoms with E-state index in [1.54, 1.807) is 0 Å². The molecule has 0 saturated heterocycles. The maximum Gasteiger partial charge on any atom is 0.278 e. The monoisotopic (exact) mass is 202 g/mol. The van der Waals surface area contributed by atoms with Crippen LogP contribution in [0.25, 0.3) is 0 Å².